The molecule has 1 saturated carbocycles. The average Bonchev–Trinajstić information content (AvgIpc) is 3.23. The van der Waals surface area contributed by atoms with E-state index in [1.165, 1.54) is 5.56 Å². The van der Waals surface area contributed by atoms with Crippen LogP contribution in [0.3, 0.4) is 0 Å². The largest absolute Gasteiger partial charge is 0.366 e. The number of anilines is 1. The van der Waals surface area contributed by atoms with Crippen molar-refractivity contribution < 1.29 is 4.79 Å². The average molecular weight is 319 g/mol. The van der Waals surface area contributed by atoms with Crippen molar-refractivity contribution in [2.45, 2.75) is 24.9 Å². The number of halogens is 1. The molecule has 116 valence electrons. The molecule has 1 amide bonds. The van der Waals surface area contributed by atoms with Crippen molar-refractivity contribution in [1.29, 1.82) is 0 Å². The quantitative estimate of drug-likeness (QED) is 0.786. The van der Waals surface area contributed by atoms with E-state index in [0.29, 0.717) is 24.1 Å². The highest BCUT2D eigenvalue weighted by Crippen LogP contribution is 2.38. The minimum atomic E-state index is -0.417. The SMILES string of the molecule is Cl.NC(=O)c1cccc(CNc2ccc(C3CC3N)cn2)c1. The van der Waals surface area contributed by atoms with Crippen LogP contribution in [0.4, 0.5) is 5.82 Å². The summed E-state index contributed by atoms with van der Waals surface area (Å²) < 4.78 is 0. The van der Waals surface area contributed by atoms with Gasteiger partial charge in [0.2, 0.25) is 5.91 Å². The first-order valence-electron chi connectivity index (χ1n) is 6.97. The number of carbonyl (C=O) groups is 1. The highest BCUT2D eigenvalue weighted by atomic mass is 35.5. The number of hydrogen-bond acceptors (Lipinski definition) is 4. The molecule has 2 aromatic rings. The molecule has 5 N–H and O–H groups in total. The first-order valence-corrected chi connectivity index (χ1v) is 6.97. The fourth-order valence-corrected chi connectivity index (χ4v) is 2.35. The molecule has 1 heterocycles. The standard InChI is InChI=1S/C16H18N4O.ClH/c17-14-7-13(14)12-4-5-15(20-9-12)19-8-10-2-1-3-11(6-10)16(18)21;/h1-6,9,13-14H,7-8,17H2,(H2,18,21)(H,19,20);1H. The van der Waals surface area contributed by atoms with E-state index in [1.807, 2.05) is 24.4 Å². The molecule has 3 rings (SSSR count). The number of amides is 1. The summed E-state index contributed by atoms with van der Waals surface area (Å²) in [5, 5.41) is 3.23. The molecule has 2 unspecified atom stereocenters. The zero-order valence-corrected chi connectivity index (χ0v) is 12.8. The Morgan fingerprint density at radius 2 is 2.09 bits per heavy atom. The third-order valence-electron chi connectivity index (χ3n) is 3.74. The lowest BCUT2D eigenvalue weighted by molar-refractivity contribution is 0.1000. The van der Waals surface area contributed by atoms with Crippen LogP contribution in [0, 0.1) is 0 Å². The number of hydrogen-bond donors (Lipinski definition) is 3. The summed E-state index contributed by atoms with van der Waals surface area (Å²) in [5.74, 6) is 0.858. The number of pyridine rings is 1. The number of aromatic nitrogens is 1. The fourth-order valence-electron chi connectivity index (χ4n) is 2.35. The Morgan fingerprint density at radius 1 is 1.32 bits per heavy atom. The lowest BCUT2D eigenvalue weighted by atomic mass is 10.1. The predicted molar refractivity (Wildman–Crippen MR) is 89.1 cm³/mol. The van der Waals surface area contributed by atoms with Crippen LogP contribution in [0.1, 0.15) is 33.8 Å². The Kier molecular flexibility index (Phi) is 5.00. The molecule has 1 aromatic carbocycles. The van der Waals surface area contributed by atoms with Gasteiger partial charge < -0.3 is 16.8 Å². The van der Waals surface area contributed by atoms with Gasteiger partial charge in [-0.25, -0.2) is 4.98 Å². The number of benzene rings is 1. The first kappa shape index (κ1) is 16.3. The van der Waals surface area contributed by atoms with Gasteiger partial charge in [-0.2, -0.15) is 0 Å². The molecule has 2 atom stereocenters. The van der Waals surface area contributed by atoms with E-state index in [1.54, 1.807) is 12.1 Å². The molecular formula is C16H19ClN4O. The molecule has 22 heavy (non-hydrogen) atoms. The molecule has 1 aliphatic carbocycles. The Hall–Kier alpha value is -2.11. The number of rotatable bonds is 5. The second-order valence-corrected chi connectivity index (χ2v) is 5.40. The minimum absolute atomic E-state index is 0. The van der Waals surface area contributed by atoms with Crippen molar-refractivity contribution in [2.75, 3.05) is 5.32 Å². The number of nitrogens with one attached hydrogen (secondary N) is 1. The van der Waals surface area contributed by atoms with Crippen LogP contribution in [0.15, 0.2) is 42.6 Å². The molecule has 1 fully saturated rings. The van der Waals surface area contributed by atoms with E-state index in [0.717, 1.165) is 17.8 Å². The zero-order chi connectivity index (χ0) is 14.8. The van der Waals surface area contributed by atoms with Crippen molar-refractivity contribution in [1.82, 2.24) is 4.98 Å². The van der Waals surface area contributed by atoms with E-state index in [-0.39, 0.29) is 12.4 Å². The maximum absolute atomic E-state index is 11.1. The van der Waals surface area contributed by atoms with Crippen molar-refractivity contribution in [3.8, 4) is 0 Å². The van der Waals surface area contributed by atoms with Gasteiger partial charge in [-0.1, -0.05) is 18.2 Å². The second-order valence-electron chi connectivity index (χ2n) is 5.40. The highest BCUT2D eigenvalue weighted by Gasteiger charge is 2.34. The number of carbonyl (C=O) groups excluding carboxylic acids is 1. The van der Waals surface area contributed by atoms with E-state index < -0.39 is 5.91 Å². The molecule has 0 bridgehead atoms. The smallest absolute Gasteiger partial charge is 0.248 e. The number of nitrogens with zero attached hydrogens (tertiary/aromatic N) is 1. The van der Waals surface area contributed by atoms with E-state index in [2.05, 4.69) is 16.4 Å². The summed E-state index contributed by atoms with van der Waals surface area (Å²) in [4.78, 5) is 15.5. The van der Waals surface area contributed by atoms with Crippen LogP contribution in [-0.4, -0.2) is 16.9 Å². The summed E-state index contributed by atoms with van der Waals surface area (Å²) in [5.41, 5.74) is 13.8. The van der Waals surface area contributed by atoms with Gasteiger partial charge in [-0.3, -0.25) is 4.79 Å². The van der Waals surface area contributed by atoms with E-state index >= 15 is 0 Å². The molecule has 1 aromatic heterocycles. The van der Waals surface area contributed by atoms with Gasteiger partial charge in [0.1, 0.15) is 5.82 Å². The third kappa shape index (κ3) is 3.75. The minimum Gasteiger partial charge on any atom is -0.366 e. The normalized spacial score (nSPS) is 19.1. The fraction of sp³-hybridized carbons (Fsp3) is 0.250. The predicted octanol–water partition coefficient (Wildman–Crippen LogP) is 2.03. The zero-order valence-electron chi connectivity index (χ0n) is 12.0. The third-order valence-corrected chi connectivity index (χ3v) is 3.74. The van der Waals surface area contributed by atoms with Crippen LogP contribution in [0.5, 0.6) is 0 Å². The molecule has 0 spiro atoms. The maximum atomic E-state index is 11.1. The maximum Gasteiger partial charge on any atom is 0.248 e. The molecule has 5 nitrogen and oxygen atoms in total. The van der Waals surface area contributed by atoms with Crippen molar-refractivity contribution in [2.24, 2.45) is 11.5 Å². The second kappa shape index (κ2) is 6.77. The molecule has 6 heteroatoms. The van der Waals surface area contributed by atoms with Crippen molar-refractivity contribution in [3.05, 3.63) is 59.3 Å². The molecule has 1 aliphatic rings. The summed E-state index contributed by atoms with van der Waals surface area (Å²) in [6, 6.07) is 11.6. The van der Waals surface area contributed by atoms with Gasteiger partial charge in [0.05, 0.1) is 0 Å². The Balaban J connectivity index is 0.00000176. The van der Waals surface area contributed by atoms with Crippen molar-refractivity contribution in [3.63, 3.8) is 0 Å². The van der Waals surface area contributed by atoms with E-state index in [9.17, 15) is 4.79 Å². The van der Waals surface area contributed by atoms with Gasteiger partial charge >= 0.3 is 0 Å². The summed E-state index contributed by atoms with van der Waals surface area (Å²) in [7, 11) is 0. The number of nitrogens with two attached hydrogens (primary N) is 2. The van der Waals surface area contributed by atoms with Gasteiger partial charge in [-0.15, -0.1) is 12.4 Å². The van der Waals surface area contributed by atoms with Crippen LogP contribution >= 0.6 is 12.4 Å². The molecule has 0 saturated heterocycles. The van der Waals surface area contributed by atoms with Gasteiger partial charge in [0.15, 0.2) is 0 Å². The lowest BCUT2D eigenvalue weighted by Gasteiger charge is -2.07. The first-order chi connectivity index (χ1) is 10.1. The van der Waals surface area contributed by atoms with Gasteiger partial charge in [-0.05, 0) is 35.7 Å². The topological polar surface area (TPSA) is 94.0 Å². The molecule has 0 aliphatic heterocycles. The Morgan fingerprint density at radius 3 is 2.68 bits per heavy atom. The molecular weight excluding hydrogens is 300 g/mol. The van der Waals surface area contributed by atoms with Gasteiger partial charge in [0, 0.05) is 30.3 Å². The molecule has 0 radical (unpaired) electrons. The monoisotopic (exact) mass is 318 g/mol. The van der Waals surface area contributed by atoms with Crippen LogP contribution in [-0.2, 0) is 6.54 Å². The van der Waals surface area contributed by atoms with Crippen LogP contribution in [0.25, 0.3) is 0 Å². The lowest BCUT2D eigenvalue weighted by Crippen LogP contribution is -2.11. The van der Waals surface area contributed by atoms with Crippen LogP contribution < -0.4 is 16.8 Å². The summed E-state index contributed by atoms with van der Waals surface area (Å²) in [6.07, 6.45) is 2.92. The van der Waals surface area contributed by atoms with Gasteiger partial charge in [0.25, 0.3) is 0 Å². The Bertz CT molecular complexity index is 659. The number of primary amides is 1. The highest BCUT2D eigenvalue weighted by molar-refractivity contribution is 5.92. The Labute approximate surface area is 135 Å². The summed E-state index contributed by atoms with van der Waals surface area (Å²) >= 11 is 0. The summed E-state index contributed by atoms with van der Waals surface area (Å²) in [6.45, 7) is 0.594. The van der Waals surface area contributed by atoms with E-state index in [4.69, 9.17) is 11.5 Å². The van der Waals surface area contributed by atoms with Crippen LogP contribution in [0.2, 0.25) is 0 Å². The van der Waals surface area contributed by atoms with Crippen molar-refractivity contribution >= 4 is 24.1 Å².